The minimum atomic E-state index is -0.348. The Hall–Kier alpha value is -2.70. The zero-order valence-electron chi connectivity index (χ0n) is 13.2. The Labute approximate surface area is 139 Å². The zero-order valence-corrected chi connectivity index (χ0v) is 13.2. The van der Waals surface area contributed by atoms with Gasteiger partial charge in [0.15, 0.2) is 0 Å². The van der Waals surface area contributed by atoms with E-state index in [-0.39, 0.29) is 48.3 Å². The van der Waals surface area contributed by atoms with Crippen molar-refractivity contribution in [2.24, 2.45) is 7.05 Å². The van der Waals surface area contributed by atoms with Crippen molar-refractivity contribution in [1.82, 2.24) is 9.88 Å². The highest BCUT2D eigenvalue weighted by molar-refractivity contribution is 6.25. The number of aromatic nitrogens is 1. The molecule has 24 heavy (non-hydrogen) atoms. The van der Waals surface area contributed by atoms with Crippen molar-refractivity contribution in [2.45, 2.75) is 6.61 Å². The standard InChI is InChI=1S/C18H18N2O4/c1-20-16(11-5-3-2-4-6-11)12(10-22)15-17(20)14(23)9-13(18(15)24)19-7-8-21/h2-6,9,19,21-22H,7-8,10H2,1H3. The van der Waals surface area contributed by atoms with Crippen LogP contribution in [0.1, 0.15) is 26.4 Å². The number of carbonyl (C=O) groups is 2. The summed E-state index contributed by atoms with van der Waals surface area (Å²) in [5.74, 6) is -0.649. The molecule has 6 heteroatoms. The topological polar surface area (TPSA) is 91.6 Å². The Morgan fingerprint density at radius 2 is 1.79 bits per heavy atom. The predicted molar refractivity (Wildman–Crippen MR) is 88.6 cm³/mol. The molecule has 0 atom stereocenters. The first-order chi connectivity index (χ1) is 11.6. The molecule has 1 heterocycles. The van der Waals surface area contributed by atoms with Crippen molar-refractivity contribution in [3.8, 4) is 11.3 Å². The molecule has 3 N–H and O–H groups in total. The van der Waals surface area contributed by atoms with Gasteiger partial charge in [-0.3, -0.25) is 9.59 Å². The van der Waals surface area contributed by atoms with Gasteiger partial charge < -0.3 is 20.1 Å². The van der Waals surface area contributed by atoms with E-state index in [2.05, 4.69) is 5.32 Å². The second-order valence-electron chi connectivity index (χ2n) is 5.54. The number of aliphatic hydroxyl groups excluding tert-OH is 2. The Morgan fingerprint density at radius 1 is 1.08 bits per heavy atom. The van der Waals surface area contributed by atoms with Gasteiger partial charge in [0.2, 0.25) is 11.6 Å². The van der Waals surface area contributed by atoms with Crippen molar-refractivity contribution in [3.63, 3.8) is 0 Å². The maximum atomic E-state index is 12.8. The normalized spacial score (nSPS) is 13.7. The number of benzene rings is 1. The SMILES string of the molecule is Cn1c2c(c(CO)c1-c1ccccc1)C(=O)C(NCCO)=CC2=O. The molecule has 3 rings (SSSR count). The maximum absolute atomic E-state index is 12.8. The summed E-state index contributed by atoms with van der Waals surface area (Å²) in [7, 11) is 1.71. The predicted octanol–water partition coefficient (Wildman–Crippen LogP) is 1.03. The molecule has 1 aliphatic carbocycles. The summed E-state index contributed by atoms with van der Waals surface area (Å²) in [6.45, 7) is -0.324. The van der Waals surface area contributed by atoms with E-state index >= 15 is 0 Å². The number of allylic oxidation sites excluding steroid dienone is 2. The van der Waals surface area contributed by atoms with Crippen molar-refractivity contribution < 1.29 is 19.8 Å². The molecule has 124 valence electrons. The van der Waals surface area contributed by atoms with Crippen LogP contribution in [0.5, 0.6) is 0 Å². The number of carbonyl (C=O) groups excluding carboxylic acids is 2. The fourth-order valence-corrected chi connectivity index (χ4v) is 3.12. The van der Waals surface area contributed by atoms with Crippen molar-refractivity contribution in [3.05, 3.63) is 58.9 Å². The highest BCUT2D eigenvalue weighted by Gasteiger charge is 2.34. The van der Waals surface area contributed by atoms with Crippen molar-refractivity contribution >= 4 is 11.6 Å². The minimum absolute atomic E-state index is 0.140. The zero-order chi connectivity index (χ0) is 17.3. The van der Waals surface area contributed by atoms with Crippen LogP contribution in [0.4, 0.5) is 0 Å². The van der Waals surface area contributed by atoms with E-state index in [9.17, 15) is 14.7 Å². The number of Topliss-reactive ketones (excluding diaryl/α,β-unsaturated/α-hetero) is 1. The van der Waals surface area contributed by atoms with Gasteiger partial charge in [-0.15, -0.1) is 0 Å². The fourth-order valence-electron chi connectivity index (χ4n) is 3.12. The molecular weight excluding hydrogens is 308 g/mol. The summed E-state index contributed by atoms with van der Waals surface area (Å²) in [6.07, 6.45) is 1.25. The average Bonchev–Trinajstić information content (AvgIpc) is 2.90. The summed E-state index contributed by atoms with van der Waals surface area (Å²) in [5.41, 5.74) is 2.56. The second kappa shape index (κ2) is 6.43. The Balaban J connectivity index is 2.19. The van der Waals surface area contributed by atoms with Gasteiger partial charge in [-0.05, 0) is 5.56 Å². The van der Waals surface area contributed by atoms with Crippen LogP contribution in [0.25, 0.3) is 11.3 Å². The number of hydrogen-bond donors (Lipinski definition) is 3. The van der Waals surface area contributed by atoms with E-state index in [1.165, 1.54) is 6.08 Å². The molecule has 0 bridgehead atoms. The lowest BCUT2D eigenvalue weighted by Crippen LogP contribution is -2.29. The first kappa shape index (κ1) is 16.2. The molecule has 6 nitrogen and oxygen atoms in total. The monoisotopic (exact) mass is 326 g/mol. The summed E-state index contributed by atoms with van der Waals surface area (Å²) in [4.78, 5) is 25.3. The lowest BCUT2D eigenvalue weighted by atomic mass is 9.94. The molecule has 1 aliphatic rings. The Morgan fingerprint density at radius 3 is 2.42 bits per heavy atom. The summed E-state index contributed by atoms with van der Waals surface area (Å²) in [5, 5.41) is 21.5. The number of hydrogen-bond acceptors (Lipinski definition) is 5. The number of rotatable bonds is 5. The first-order valence-electron chi connectivity index (χ1n) is 7.63. The van der Waals surface area contributed by atoms with E-state index < -0.39 is 0 Å². The third-order valence-electron chi connectivity index (χ3n) is 4.11. The third-order valence-corrected chi connectivity index (χ3v) is 4.11. The molecule has 0 unspecified atom stereocenters. The summed E-state index contributed by atoms with van der Waals surface area (Å²) in [6, 6.07) is 9.33. The smallest absolute Gasteiger partial charge is 0.211 e. The number of nitrogens with zero attached hydrogens (tertiary/aromatic N) is 1. The van der Waals surface area contributed by atoms with Gasteiger partial charge in [0.25, 0.3) is 0 Å². The molecule has 1 aromatic heterocycles. The van der Waals surface area contributed by atoms with Crippen LogP contribution in [0.3, 0.4) is 0 Å². The molecule has 0 saturated carbocycles. The molecule has 0 saturated heterocycles. The van der Waals surface area contributed by atoms with Crippen LogP contribution in [-0.4, -0.2) is 39.5 Å². The third kappa shape index (κ3) is 2.46. The minimum Gasteiger partial charge on any atom is -0.395 e. The highest BCUT2D eigenvalue weighted by atomic mass is 16.3. The fraction of sp³-hybridized carbons (Fsp3) is 0.222. The molecule has 1 aromatic carbocycles. The number of nitrogens with one attached hydrogen (secondary N) is 1. The molecule has 0 aliphatic heterocycles. The quantitative estimate of drug-likeness (QED) is 0.763. The van der Waals surface area contributed by atoms with Crippen LogP contribution in [0, 0.1) is 0 Å². The van der Waals surface area contributed by atoms with Gasteiger partial charge in [-0.25, -0.2) is 0 Å². The van der Waals surface area contributed by atoms with E-state index in [1.807, 2.05) is 30.3 Å². The molecule has 0 radical (unpaired) electrons. The largest absolute Gasteiger partial charge is 0.395 e. The van der Waals surface area contributed by atoms with Gasteiger partial charge in [-0.1, -0.05) is 30.3 Å². The van der Waals surface area contributed by atoms with Crippen LogP contribution in [-0.2, 0) is 13.7 Å². The summed E-state index contributed by atoms with van der Waals surface area (Å²) >= 11 is 0. The Bertz CT molecular complexity index is 834. The maximum Gasteiger partial charge on any atom is 0.211 e. The van der Waals surface area contributed by atoms with Gasteiger partial charge in [0.05, 0.1) is 30.2 Å². The van der Waals surface area contributed by atoms with E-state index in [0.717, 1.165) is 5.56 Å². The van der Waals surface area contributed by atoms with E-state index in [1.54, 1.807) is 11.6 Å². The van der Waals surface area contributed by atoms with Crippen LogP contribution < -0.4 is 5.32 Å². The molecule has 0 amide bonds. The lowest BCUT2D eigenvalue weighted by molar-refractivity contribution is 0.0971. The van der Waals surface area contributed by atoms with Gasteiger partial charge in [-0.2, -0.15) is 0 Å². The Kier molecular flexibility index (Phi) is 4.33. The first-order valence-corrected chi connectivity index (χ1v) is 7.63. The highest BCUT2D eigenvalue weighted by Crippen LogP contribution is 2.34. The molecular formula is C18H18N2O4. The van der Waals surface area contributed by atoms with Crippen LogP contribution >= 0.6 is 0 Å². The lowest BCUT2D eigenvalue weighted by Gasteiger charge is -2.15. The summed E-state index contributed by atoms with van der Waals surface area (Å²) < 4.78 is 1.66. The van der Waals surface area contributed by atoms with E-state index in [4.69, 9.17) is 5.11 Å². The van der Waals surface area contributed by atoms with Gasteiger partial charge >= 0.3 is 0 Å². The molecule has 0 fully saturated rings. The second-order valence-corrected chi connectivity index (χ2v) is 5.54. The number of fused-ring (bicyclic) bond motifs is 1. The van der Waals surface area contributed by atoms with Gasteiger partial charge in [0, 0.05) is 25.2 Å². The van der Waals surface area contributed by atoms with Crippen molar-refractivity contribution in [2.75, 3.05) is 13.2 Å². The van der Waals surface area contributed by atoms with Gasteiger partial charge in [0.1, 0.15) is 5.69 Å². The van der Waals surface area contributed by atoms with Crippen molar-refractivity contribution in [1.29, 1.82) is 0 Å². The van der Waals surface area contributed by atoms with Crippen LogP contribution in [0.2, 0.25) is 0 Å². The average molecular weight is 326 g/mol. The number of ketones is 2. The van der Waals surface area contributed by atoms with E-state index in [0.29, 0.717) is 11.3 Å². The number of aliphatic hydroxyl groups is 2. The van der Waals surface area contributed by atoms with Crippen LogP contribution in [0.15, 0.2) is 42.1 Å². The molecule has 0 spiro atoms. The molecule has 2 aromatic rings.